The van der Waals surface area contributed by atoms with Crippen LogP contribution in [0.2, 0.25) is 0 Å². The fourth-order valence-corrected chi connectivity index (χ4v) is 4.69. The number of ketones is 1. The molecule has 5 heteroatoms. The quantitative estimate of drug-likeness (QED) is 0.478. The van der Waals surface area contributed by atoms with Gasteiger partial charge in [-0.1, -0.05) is 37.3 Å². The first-order chi connectivity index (χ1) is 14.7. The van der Waals surface area contributed by atoms with E-state index in [2.05, 4.69) is 57.2 Å². The van der Waals surface area contributed by atoms with Crippen LogP contribution in [-0.4, -0.2) is 38.7 Å². The van der Waals surface area contributed by atoms with Gasteiger partial charge >= 0.3 is 0 Å². The Balaban J connectivity index is 1.16. The third-order valence-corrected chi connectivity index (χ3v) is 6.49. The van der Waals surface area contributed by atoms with Crippen LogP contribution in [-0.2, 0) is 11.3 Å². The Hall–Kier alpha value is -2.92. The molecule has 154 valence electrons. The highest BCUT2D eigenvalue weighted by molar-refractivity contribution is 5.83. The minimum Gasteiger partial charge on any atom is -0.361 e. The first kappa shape index (κ1) is 19.1. The van der Waals surface area contributed by atoms with E-state index in [1.165, 1.54) is 16.5 Å². The highest BCUT2D eigenvalue weighted by Gasteiger charge is 2.27. The average Bonchev–Trinajstić information content (AvgIpc) is 3.39. The van der Waals surface area contributed by atoms with Gasteiger partial charge < -0.3 is 9.97 Å². The molecule has 1 aliphatic heterocycles. The van der Waals surface area contributed by atoms with E-state index in [1.54, 1.807) is 0 Å². The molecule has 5 rings (SSSR count). The van der Waals surface area contributed by atoms with E-state index in [1.807, 2.05) is 24.3 Å². The van der Waals surface area contributed by atoms with Gasteiger partial charge in [0.2, 0.25) is 0 Å². The second kappa shape index (κ2) is 8.07. The number of H-pyrrole nitrogens is 2. The Labute approximate surface area is 176 Å². The summed E-state index contributed by atoms with van der Waals surface area (Å²) in [5, 5.41) is 1.30. The molecule has 30 heavy (non-hydrogen) atoms. The van der Waals surface area contributed by atoms with Crippen LogP contribution in [0.1, 0.15) is 43.5 Å². The van der Waals surface area contributed by atoms with Crippen LogP contribution in [0.15, 0.2) is 54.7 Å². The zero-order valence-corrected chi connectivity index (χ0v) is 17.4. The topological polar surface area (TPSA) is 64.8 Å². The standard InChI is InChI=1S/C25H28N4O/c1-17(25-27-22-8-4-5-9-23(22)28-25)14-24(30)18-10-12-29(13-11-18)16-19-15-26-21-7-3-2-6-20(19)21/h2-9,15,17-18,26H,10-14,16H2,1H3,(H,27,28). The lowest BCUT2D eigenvalue weighted by atomic mass is 9.87. The van der Waals surface area contributed by atoms with Crippen LogP contribution in [0.25, 0.3) is 21.9 Å². The molecule has 4 aromatic rings. The zero-order chi connectivity index (χ0) is 20.5. The number of benzene rings is 2. The van der Waals surface area contributed by atoms with Crippen LogP contribution >= 0.6 is 0 Å². The number of nitrogens with one attached hydrogen (secondary N) is 2. The highest BCUT2D eigenvalue weighted by atomic mass is 16.1. The van der Waals surface area contributed by atoms with Crippen molar-refractivity contribution in [3.63, 3.8) is 0 Å². The first-order valence-electron chi connectivity index (χ1n) is 10.9. The lowest BCUT2D eigenvalue weighted by Crippen LogP contribution is -2.36. The van der Waals surface area contributed by atoms with Gasteiger partial charge in [0.15, 0.2) is 0 Å². The van der Waals surface area contributed by atoms with Crippen molar-refractivity contribution in [3.05, 3.63) is 66.1 Å². The number of nitrogens with zero attached hydrogens (tertiary/aromatic N) is 2. The molecule has 2 N–H and O–H groups in total. The summed E-state index contributed by atoms with van der Waals surface area (Å²) in [6, 6.07) is 16.5. The molecule has 1 saturated heterocycles. The smallest absolute Gasteiger partial charge is 0.136 e. The predicted molar refractivity (Wildman–Crippen MR) is 120 cm³/mol. The van der Waals surface area contributed by atoms with Gasteiger partial charge in [0, 0.05) is 41.9 Å². The summed E-state index contributed by atoms with van der Waals surface area (Å²) in [6.07, 6.45) is 4.59. The fourth-order valence-electron chi connectivity index (χ4n) is 4.69. The number of rotatable bonds is 6. The number of carbonyl (C=O) groups is 1. The van der Waals surface area contributed by atoms with Gasteiger partial charge in [0.05, 0.1) is 11.0 Å². The molecular formula is C25H28N4O. The van der Waals surface area contributed by atoms with Crippen molar-refractivity contribution in [1.82, 2.24) is 19.9 Å². The Kier molecular flexibility index (Phi) is 5.13. The lowest BCUT2D eigenvalue weighted by molar-refractivity contribution is -0.124. The minimum atomic E-state index is 0.120. The Morgan fingerprint density at radius 3 is 2.63 bits per heavy atom. The molecule has 1 unspecified atom stereocenters. The Bertz CT molecular complexity index is 1130. The van der Waals surface area contributed by atoms with Crippen molar-refractivity contribution < 1.29 is 4.79 Å². The number of imidazole rings is 1. The summed E-state index contributed by atoms with van der Waals surface area (Å²) in [5.41, 5.74) is 4.54. The normalized spacial score (nSPS) is 17.0. The van der Waals surface area contributed by atoms with Crippen LogP contribution in [0.5, 0.6) is 0 Å². The van der Waals surface area contributed by atoms with Gasteiger partial charge in [0.25, 0.3) is 0 Å². The summed E-state index contributed by atoms with van der Waals surface area (Å²) in [6.45, 7) is 5.01. The second-order valence-corrected chi connectivity index (χ2v) is 8.62. The first-order valence-corrected chi connectivity index (χ1v) is 10.9. The number of hydrogen-bond acceptors (Lipinski definition) is 3. The summed E-state index contributed by atoms with van der Waals surface area (Å²) < 4.78 is 0. The molecular weight excluding hydrogens is 372 g/mol. The van der Waals surface area contributed by atoms with Gasteiger partial charge in [-0.15, -0.1) is 0 Å². The highest BCUT2D eigenvalue weighted by Crippen LogP contribution is 2.27. The molecule has 1 aliphatic rings. The molecule has 2 aromatic heterocycles. The number of carbonyl (C=O) groups excluding carboxylic acids is 1. The van der Waals surface area contributed by atoms with E-state index >= 15 is 0 Å². The molecule has 2 aromatic carbocycles. The van der Waals surface area contributed by atoms with Crippen molar-refractivity contribution in [1.29, 1.82) is 0 Å². The number of piperidine rings is 1. The third kappa shape index (κ3) is 3.77. The number of likely N-dealkylation sites (tertiary alicyclic amines) is 1. The minimum absolute atomic E-state index is 0.120. The number of Topliss-reactive ketones (excluding diaryl/α,β-unsaturated/α-hetero) is 1. The zero-order valence-electron chi connectivity index (χ0n) is 17.4. The van der Waals surface area contributed by atoms with Gasteiger partial charge in [-0.25, -0.2) is 4.98 Å². The predicted octanol–water partition coefficient (Wildman–Crippen LogP) is 5.02. The maximum Gasteiger partial charge on any atom is 0.136 e. The fraction of sp³-hybridized carbons (Fsp3) is 0.360. The van der Waals surface area contributed by atoms with Crippen LogP contribution < -0.4 is 0 Å². The van der Waals surface area contributed by atoms with Crippen LogP contribution in [0, 0.1) is 5.92 Å². The van der Waals surface area contributed by atoms with Crippen molar-refractivity contribution in [3.8, 4) is 0 Å². The molecule has 1 atom stereocenters. The van der Waals surface area contributed by atoms with Gasteiger partial charge in [-0.2, -0.15) is 0 Å². The molecule has 0 bridgehead atoms. The number of para-hydroxylation sites is 3. The molecule has 0 aliphatic carbocycles. The van der Waals surface area contributed by atoms with Crippen LogP contribution in [0.4, 0.5) is 0 Å². The Morgan fingerprint density at radius 2 is 1.83 bits per heavy atom. The third-order valence-electron chi connectivity index (χ3n) is 6.49. The molecule has 0 radical (unpaired) electrons. The van der Waals surface area contributed by atoms with E-state index in [0.29, 0.717) is 12.2 Å². The summed E-state index contributed by atoms with van der Waals surface area (Å²) in [4.78, 5) is 26.8. The van der Waals surface area contributed by atoms with Crippen molar-refractivity contribution in [2.75, 3.05) is 13.1 Å². The van der Waals surface area contributed by atoms with Gasteiger partial charge in [0.1, 0.15) is 11.6 Å². The molecule has 5 nitrogen and oxygen atoms in total. The Morgan fingerprint density at radius 1 is 1.10 bits per heavy atom. The average molecular weight is 401 g/mol. The van der Waals surface area contributed by atoms with Crippen molar-refractivity contribution >= 4 is 27.7 Å². The van der Waals surface area contributed by atoms with E-state index in [0.717, 1.165) is 49.3 Å². The van der Waals surface area contributed by atoms with Crippen molar-refractivity contribution in [2.24, 2.45) is 5.92 Å². The monoisotopic (exact) mass is 400 g/mol. The SMILES string of the molecule is CC(CC(=O)C1CCN(Cc2c[nH]c3ccccc23)CC1)c1nc2ccccc2[nH]1. The molecule has 0 saturated carbocycles. The van der Waals surface area contributed by atoms with Crippen molar-refractivity contribution in [2.45, 2.75) is 38.6 Å². The molecule has 0 amide bonds. The van der Waals surface area contributed by atoms with Crippen LogP contribution in [0.3, 0.4) is 0 Å². The molecule has 1 fully saturated rings. The number of hydrogen-bond donors (Lipinski definition) is 2. The van der Waals surface area contributed by atoms with Gasteiger partial charge in [-0.3, -0.25) is 9.69 Å². The maximum absolute atomic E-state index is 12.9. The van der Waals surface area contributed by atoms with Gasteiger partial charge in [-0.05, 0) is 49.7 Å². The summed E-state index contributed by atoms with van der Waals surface area (Å²) >= 11 is 0. The van der Waals surface area contributed by atoms with E-state index in [9.17, 15) is 4.79 Å². The second-order valence-electron chi connectivity index (χ2n) is 8.62. The molecule has 3 heterocycles. The lowest BCUT2D eigenvalue weighted by Gasteiger charge is -2.31. The van der Waals surface area contributed by atoms with E-state index in [-0.39, 0.29) is 11.8 Å². The largest absolute Gasteiger partial charge is 0.361 e. The summed E-state index contributed by atoms with van der Waals surface area (Å²) in [7, 11) is 0. The van der Waals surface area contributed by atoms with E-state index in [4.69, 9.17) is 0 Å². The maximum atomic E-state index is 12.9. The number of aromatic amines is 2. The number of fused-ring (bicyclic) bond motifs is 2. The number of aromatic nitrogens is 3. The van der Waals surface area contributed by atoms with E-state index < -0.39 is 0 Å². The summed E-state index contributed by atoms with van der Waals surface area (Å²) in [5.74, 6) is 1.60. The molecule has 0 spiro atoms.